The molecule has 5 heteroatoms. The molecule has 1 fully saturated rings. The van der Waals surface area contributed by atoms with E-state index in [2.05, 4.69) is 31.2 Å². The van der Waals surface area contributed by atoms with Crippen molar-refractivity contribution in [3.05, 3.63) is 88.4 Å². The second kappa shape index (κ2) is 12.6. The fourth-order valence-electron chi connectivity index (χ4n) is 5.10. The summed E-state index contributed by atoms with van der Waals surface area (Å²) in [5.74, 6) is 1.34. The molecule has 188 valence electrons. The number of benzene rings is 3. The molecule has 3 nitrogen and oxygen atoms in total. The van der Waals surface area contributed by atoms with Crippen molar-refractivity contribution in [2.45, 2.75) is 64.2 Å². The molecule has 3 aromatic rings. The summed E-state index contributed by atoms with van der Waals surface area (Å²) < 4.78 is 5.40. The molecule has 0 heterocycles. The molecular formula is C31H32Cl2O3. The Morgan fingerprint density at radius 2 is 1.50 bits per heavy atom. The van der Waals surface area contributed by atoms with E-state index >= 15 is 0 Å². The number of rotatable bonds is 9. The Hall–Kier alpha value is -2.62. The summed E-state index contributed by atoms with van der Waals surface area (Å²) in [6.45, 7) is 2.27. The summed E-state index contributed by atoms with van der Waals surface area (Å²) in [7, 11) is 0. The van der Waals surface area contributed by atoms with Gasteiger partial charge in [0.2, 0.25) is 0 Å². The number of ether oxygens (including phenoxy) is 1. The average Bonchev–Trinajstić information content (AvgIpc) is 2.89. The monoisotopic (exact) mass is 522 g/mol. The first-order valence-corrected chi connectivity index (χ1v) is 13.6. The lowest BCUT2D eigenvalue weighted by Gasteiger charge is -2.29. The number of esters is 1. The van der Waals surface area contributed by atoms with Gasteiger partial charge in [-0.15, -0.1) is 0 Å². The SMILES string of the molecule is CCCCC[C@H]1CC[C@H](c2ccc(-c3ccc(C(=O)Oc4ccc(C(=O)Cl)c(Cl)c4)cc3)cc2)CC1. The minimum Gasteiger partial charge on any atom is -0.423 e. The zero-order chi connectivity index (χ0) is 25.5. The summed E-state index contributed by atoms with van der Waals surface area (Å²) in [4.78, 5) is 23.8. The van der Waals surface area contributed by atoms with E-state index in [1.165, 1.54) is 75.1 Å². The van der Waals surface area contributed by atoms with Gasteiger partial charge < -0.3 is 4.74 Å². The third kappa shape index (κ3) is 6.78. The third-order valence-electron chi connectivity index (χ3n) is 7.26. The van der Waals surface area contributed by atoms with Gasteiger partial charge in [0.1, 0.15) is 5.75 Å². The van der Waals surface area contributed by atoms with Crippen molar-refractivity contribution in [1.82, 2.24) is 0 Å². The molecule has 0 saturated heterocycles. The molecule has 0 atom stereocenters. The van der Waals surface area contributed by atoms with Crippen LogP contribution >= 0.6 is 23.2 Å². The van der Waals surface area contributed by atoms with Crippen LogP contribution in [0.4, 0.5) is 0 Å². The van der Waals surface area contributed by atoms with Gasteiger partial charge in [0.25, 0.3) is 5.24 Å². The average molecular weight is 524 g/mol. The molecule has 1 aliphatic rings. The predicted molar refractivity (Wildman–Crippen MR) is 147 cm³/mol. The number of halogens is 2. The number of carbonyl (C=O) groups excluding carboxylic acids is 2. The van der Waals surface area contributed by atoms with Crippen molar-refractivity contribution in [2.24, 2.45) is 5.92 Å². The molecule has 1 saturated carbocycles. The van der Waals surface area contributed by atoms with Crippen molar-refractivity contribution in [1.29, 1.82) is 0 Å². The first kappa shape index (κ1) is 26.4. The quantitative estimate of drug-likeness (QED) is 0.121. The fourth-order valence-corrected chi connectivity index (χ4v) is 5.57. The van der Waals surface area contributed by atoms with Crippen molar-refractivity contribution in [3.63, 3.8) is 0 Å². The summed E-state index contributed by atoms with van der Waals surface area (Å²) in [6.07, 6.45) is 10.8. The molecule has 0 N–H and O–H groups in total. The summed E-state index contributed by atoms with van der Waals surface area (Å²) in [5, 5.41) is -0.522. The highest BCUT2D eigenvalue weighted by atomic mass is 35.5. The number of unbranched alkanes of at least 4 members (excludes halogenated alkanes) is 2. The van der Waals surface area contributed by atoms with Crippen molar-refractivity contribution in [2.75, 3.05) is 0 Å². The number of hydrogen-bond donors (Lipinski definition) is 0. The van der Waals surface area contributed by atoms with Crippen LogP contribution in [0.3, 0.4) is 0 Å². The molecule has 0 amide bonds. The summed E-state index contributed by atoms with van der Waals surface area (Å²) in [5.41, 5.74) is 4.21. The minimum atomic E-state index is -0.660. The van der Waals surface area contributed by atoms with E-state index < -0.39 is 11.2 Å². The Bertz CT molecular complexity index is 1180. The second-order valence-corrected chi connectivity index (χ2v) is 10.5. The standard InChI is InChI=1S/C31H32Cl2O3/c1-2-3-4-5-21-6-8-22(9-7-21)23-10-12-24(13-11-23)25-14-16-26(17-15-25)31(35)36-27-18-19-28(30(33)34)29(32)20-27/h10-22H,2-9H2,1H3/t21-,22-. The molecular weight excluding hydrogens is 491 g/mol. The highest BCUT2D eigenvalue weighted by molar-refractivity contribution is 6.68. The topological polar surface area (TPSA) is 43.4 Å². The van der Waals surface area contributed by atoms with E-state index in [4.69, 9.17) is 27.9 Å². The second-order valence-electron chi connectivity index (χ2n) is 9.72. The highest BCUT2D eigenvalue weighted by Gasteiger charge is 2.22. The van der Waals surface area contributed by atoms with Gasteiger partial charge in [-0.25, -0.2) is 4.79 Å². The smallest absolute Gasteiger partial charge is 0.343 e. The number of carbonyl (C=O) groups is 2. The van der Waals surface area contributed by atoms with Crippen LogP contribution in [0.25, 0.3) is 11.1 Å². The van der Waals surface area contributed by atoms with E-state index in [9.17, 15) is 9.59 Å². The zero-order valence-corrected chi connectivity index (χ0v) is 22.2. The van der Waals surface area contributed by atoms with Gasteiger partial charge in [-0.3, -0.25) is 4.79 Å². The molecule has 0 aliphatic heterocycles. The molecule has 0 bridgehead atoms. The van der Waals surface area contributed by atoms with Crippen LogP contribution in [0.15, 0.2) is 66.7 Å². The van der Waals surface area contributed by atoms with E-state index in [-0.39, 0.29) is 16.3 Å². The van der Waals surface area contributed by atoms with E-state index in [0.717, 1.165) is 17.0 Å². The Kier molecular flexibility index (Phi) is 9.23. The van der Waals surface area contributed by atoms with E-state index in [1.54, 1.807) is 12.1 Å². The minimum absolute atomic E-state index is 0.138. The van der Waals surface area contributed by atoms with Crippen LogP contribution in [0.2, 0.25) is 5.02 Å². The predicted octanol–water partition coefficient (Wildman–Crippen LogP) is 9.46. The van der Waals surface area contributed by atoms with Gasteiger partial charge in [-0.05, 0) is 90.1 Å². The van der Waals surface area contributed by atoms with Gasteiger partial charge in [0.05, 0.1) is 16.1 Å². The summed E-state index contributed by atoms with van der Waals surface area (Å²) in [6, 6.07) is 20.6. The van der Waals surface area contributed by atoms with Gasteiger partial charge in [0, 0.05) is 6.07 Å². The van der Waals surface area contributed by atoms with Gasteiger partial charge in [-0.2, -0.15) is 0 Å². The van der Waals surface area contributed by atoms with Gasteiger partial charge in [-0.1, -0.05) is 80.6 Å². The van der Waals surface area contributed by atoms with Crippen LogP contribution < -0.4 is 4.74 Å². The van der Waals surface area contributed by atoms with E-state index in [0.29, 0.717) is 11.5 Å². The lowest BCUT2D eigenvalue weighted by Crippen LogP contribution is -2.13. The number of hydrogen-bond acceptors (Lipinski definition) is 3. The van der Waals surface area contributed by atoms with Crippen LogP contribution in [0.1, 0.15) is 90.5 Å². The first-order valence-electron chi connectivity index (χ1n) is 12.9. The molecule has 1 aliphatic carbocycles. The van der Waals surface area contributed by atoms with Crippen LogP contribution in [0.5, 0.6) is 5.75 Å². The van der Waals surface area contributed by atoms with Gasteiger partial charge in [0.15, 0.2) is 0 Å². The molecule has 36 heavy (non-hydrogen) atoms. The Balaban J connectivity index is 1.33. The van der Waals surface area contributed by atoms with Crippen LogP contribution in [-0.4, -0.2) is 11.2 Å². The van der Waals surface area contributed by atoms with E-state index in [1.807, 2.05) is 12.1 Å². The van der Waals surface area contributed by atoms with Crippen molar-refractivity contribution < 1.29 is 14.3 Å². The zero-order valence-electron chi connectivity index (χ0n) is 20.6. The largest absolute Gasteiger partial charge is 0.423 e. The van der Waals surface area contributed by atoms with Crippen LogP contribution in [0, 0.1) is 5.92 Å². The fraction of sp³-hybridized carbons (Fsp3) is 0.355. The molecule has 0 unspecified atom stereocenters. The molecule has 0 aromatic heterocycles. The van der Waals surface area contributed by atoms with Crippen molar-refractivity contribution in [3.8, 4) is 16.9 Å². The molecule has 0 radical (unpaired) electrons. The molecule has 4 rings (SSSR count). The van der Waals surface area contributed by atoms with Gasteiger partial charge >= 0.3 is 5.97 Å². The normalized spacial score (nSPS) is 17.5. The van der Waals surface area contributed by atoms with Crippen molar-refractivity contribution >= 4 is 34.4 Å². The first-order chi connectivity index (χ1) is 17.4. The maximum Gasteiger partial charge on any atom is 0.343 e. The summed E-state index contributed by atoms with van der Waals surface area (Å²) >= 11 is 11.5. The maximum absolute atomic E-state index is 12.6. The molecule has 3 aromatic carbocycles. The lowest BCUT2D eigenvalue weighted by atomic mass is 9.77. The lowest BCUT2D eigenvalue weighted by molar-refractivity contribution is 0.0734. The maximum atomic E-state index is 12.6. The Morgan fingerprint density at radius 3 is 2.08 bits per heavy atom. The third-order valence-corrected chi connectivity index (χ3v) is 7.78. The molecule has 0 spiro atoms. The Labute approximate surface area is 223 Å². The van der Waals surface area contributed by atoms with Crippen LogP contribution in [-0.2, 0) is 0 Å². The Morgan fingerprint density at radius 1 is 0.861 bits per heavy atom. The highest BCUT2D eigenvalue weighted by Crippen LogP contribution is 2.38.